The van der Waals surface area contributed by atoms with Gasteiger partial charge in [-0.05, 0) is 12.5 Å². The van der Waals surface area contributed by atoms with Crippen molar-refractivity contribution in [2.75, 3.05) is 7.05 Å². The topological polar surface area (TPSA) is 87.9 Å². The van der Waals surface area contributed by atoms with E-state index in [1.807, 2.05) is 37.3 Å². The van der Waals surface area contributed by atoms with E-state index in [1.54, 1.807) is 11.9 Å². The lowest BCUT2D eigenvalue weighted by Gasteiger charge is -2.18. The van der Waals surface area contributed by atoms with Crippen molar-refractivity contribution in [3.05, 3.63) is 47.5 Å². The van der Waals surface area contributed by atoms with Crippen LogP contribution in [-0.2, 0) is 11.3 Å². The number of hydrogen-bond donors (Lipinski definition) is 2. The molecule has 0 saturated heterocycles. The molecule has 0 bridgehead atoms. The number of rotatable bonds is 5. The summed E-state index contributed by atoms with van der Waals surface area (Å²) in [4.78, 5) is 17.9. The summed E-state index contributed by atoms with van der Waals surface area (Å²) in [5.41, 5.74) is 7.01. The van der Waals surface area contributed by atoms with Crippen LogP contribution in [0.4, 0.5) is 0 Å². The van der Waals surface area contributed by atoms with Gasteiger partial charge >= 0.3 is 0 Å². The molecule has 0 aliphatic carbocycles. The summed E-state index contributed by atoms with van der Waals surface area (Å²) in [5, 5.41) is 6.77. The van der Waals surface area contributed by atoms with Crippen LogP contribution in [0.15, 0.2) is 30.3 Å². The average Bonchev–Trinajstić information content (AvgIpc) is 2.85. The summed E-state index contributed by atoms with van der Waals surface area (Å²) in [7, 11) is 1.73. The Morgan fingerprint density at radius 1 is 1.40 bits per heavy atom. The fraction of sp³-hybridized carbons (Fsp3) is 0.357. The van der Waals surface area contributed by atoms with Crippen molar-refractivity contribution in [1.82, 2.24) is 20.1 Å². The van der Waals surface area contributed by atoms with Crippen LogP contribution < -0.4 is 5.73 Å². The molecule has 0 aliphatic heterocycles. The Labute approximate surface area is 118 Å². The van der Waals surface area contributed by atoms with Gasteiger partial charge in [-0.15, -0.1) is 0 Å². The molecule has 1 unspecified atom stereocenters. The van der Waals surface area contributed by atoms with Crippen LogP contribution in [-0.4, -0.2) is 33.0 Å². The molecular formula is C14H19N5O. The summed E-state index contributed by atoms with van der Waals surface area (Å²) in [6.07, 6.45) is 0.268. The number of carbonyl (C=O) groups excluding carboxylic acids is 1. The first-order chi connectivity index (χ1) is 9.56. The molecule has 1 aromatic heterocycles. The van der Waals surface area contributed by atoms with Crippen molar-refractivity contribution in [3.63, 3.8) is 0 Å². The summed E-state index contributed by atoms with van der Waals surface area (Å²) in [6, 6.07) is 9.32. The first-order valence-electron chi connectivity index (χ1n) is 6.48. The third-order valence-electron chi connectivity index (χ3n) is 3.07. The van der Waals surface area contributed by atoms with Gasteiger partial charge in [-0.2, -0.15) is 5.10 Å². The highest BCUT2D eigenvalue weighted by atomic mass is 16.2. The van der Waals surface area contributed by atoms with Crippen molar-refractivity contribution < 1.29 is 4.79 Å². The maximum Gasteiger partial charge on any atom is 0.224 e. The van der Waals surface area contributed by atoms with Crippen LogP contribution >= 0.6 is 0 Å². The molecule has 1 heterocycles. The SMILES string of the molecule is Cc1nc(CN(C)C(=O)CC(N)c2ccccc2)n[nH]1. The van der Waals surface area contributed by atoms with Gasteiger partial charge in [0.05, 0.1) is 6.54 Å². The largest absolute Gasteiger partial charge is 0.338 e. The molecule has 6 nitrogen and oxygen atoms in total. The second kappa shape index (κ2) is 6.29. The van der Waals surface area contributed by atoms with Gasteiger partial charge in [0.25, 0.3) is 0 Å². The van der Waals surface area contributed by atoms with E-state index in [1.165, 1.54) is 0 Å². The number of hydrogen-bond acceptors (Lipinski definition) is 4. The number of benzene rings is 1. The Kier molecular flexibility index (Phi) is 4.47. The Hall–Kier alpha value is -2.21. The molecule has 0 saturated carbocycles. The van der Waals surface area contributed by atoms with E-state index in [0.29, 0.717) is 12.4 Å². The third kappa shape index (κ3) is 3.64. The van der Waals surface area contributed by atoms with Gasteiger partial charge in [-0.1, -0.05) is 30.3 Å². The summed E-state index contributed by atoms with van der Waals surface area (Å²) in [6.45, 7) is 2.20. The fourth-order valence-electron chi connectivity index (χ4n) is 1.92. The van der Waals surface area contributed by atoms with E-state index in [-0.39, 0.29) is 18.4 Å². The van der Waals surface area contributed by atoms with E-state index >= 15 is 0 Å². The molecule has 6 heteroatoms. The highest BCUT2D eigenvalue weighted by Gasteiger charge is 2.16. The van der Waals surface area contributed by atoms with E-state index in [2.05, 4.69) is 15.2 Å². The molecule has 0 radical (unpaired) electrons. The lowest BCUT2D eigenvalue weighted by atomic mass is 10.0. The van der Waals surface area contributed by atoms with Gasteiger partial charge in [0.2, 0.25) is 5.91 Å². The number of aromatic amines is 1. The van der Waals surface area contributed by atoms with Crippen molar-refractivity contribution in [1.29, 1.82) is 0 Å². The second-order valence-corrected chi connectivity index (χ2v) is 4.81. The van der Waals surface area contributed by atoms with Gasteiger partial charge in [0.1, 0.15) is 5.82 Å². The molecule has 0 spiro atoms. The average molecular weight is 273 g/mol. The van der Waals surface area contributed by atoms with Crippen LogP contribution in [0.3, 0.4) is 0 Å². The zero-order valence-corrected chi connectivity index (χ0v) is 11.7. The molecule has 2 rings (SSSR count). The Morgan fingerprint density at radius 2 is 2.10 bits per heavy atom. The molecule has 106 valence electrons. The van der Waals surface area contributed by atoms with E-state index in [9.17, 15) is 4.79 Å². The zero-order chi connectivity index (χ0) is 14.5. The molecule has 2 aromatic rings. The number of nitrogens with two attached hydrogens (primary N) is 1. The van der Waals surface area contributed by atoms with Gasteiger partial charge < -0.3 is 10.6 Å². The zero-order valence-electron chi connectivity index (χ0n) is 11.7. The third-order valence-corrected chi connectivity index (χ3v) is 3.07. The van der Waals surface area contributed by atoms with Crippen molar-refractivity contribution in [2.24, 2.45) is 5.73 Å². The summed E-state index contributed by atoms with van der Waals surface area (Å²) in [5.74, 6) is 1.32. The molecule has 0 aliphatic rings. The maximum atomic E-state index is 12.1. The highest BCUT2D eigenvalue weighted by molar-refractivity contribution is 5.76. The van der Waals surface area contributed by atoms with Crippen molar-refractivity contribution >= 4 is 5.91 Å². The van der Waals surface area contributed by atoms with Crippen LogP contribution in [0.2, 0.25) is 0 Å². The minimum absolute atomic E-state index is 0.0243. The number of nitrogens with one attached hydrogen (secondary N) is 1. The lowest BCUT2D eigenvalue weighted by Crippen LogP contribution is -2.29. The van der Waals surface area contributed by atoms with Crippen LogP contribution in [0.1, 0.15) is 29.7 Å². The minimum Gasteiger partial charge on any atom is -0.338 e. The molecule has 0 fully saturated rings. The quantitative estimate of drug-likeness (QED) is 0.855. The molecule has 20 heavy (non-hydrogen) atoms. The van der Waals surface area contributed by atoms with E-state index in [4.69, 9.17) is 5.73 Å². The fourth-order valence-corrected chi connectivity index (χ4v) is 1.92. The smallest absolute Gasteiger partial charge is 0.224 e. The van der Waals surface area contributed by atoms with Crippen molar-refractivity contribution in [2.45, 2.75) is 25.9 Å². The number of nitrogens with zero attached hydrogens (tertiary/aromatic N) is 3. The normalized spacial score (nSPS) is 12.2. The minimum atomic E-state index is -0.292. The maximum absolute atomic E-state index is 12.1. The Balaban J connectivity index is 1.91. The number of carbonyl (C=O) groups is 1. The summed E-state index contributed by atoms with van der Waals surface area (Å²) < 4.78 is 0. The van der Waals surface area contributed by atoms with Gasteiger partial charge in [0, 0.05) is 19.5 Å². The van der Waals surface area contributed by atoms with Crippen LogP contribution in [0.5, 0.6) is 0 Å². The molecule has 1 atom stereocenters. The first kappa shape index (κ1) is 14.2. The molecule has 1 amide bonds. The molecular weight excluding hydrogens is 254 g/mol. The van der Waals surface area contributed by atoms with Crippen LogP contribution in [0.25, 0.3) is 0 Å². The Morgan fingerprint density at radius 3 is 2.70 bits per heavy atom. The number of aryl methyl sites for hydroxylation is 1. The van der Waals surface area contributed by atoms with E-state index in [0.717, 1.165) is 11.4 Å². The predicted molar refractivity (Wildman–Crippen MR) is 75.6 cm³/mol. The monoisotopic (exact) mass is 273 g/mol. The van der Waals surface area contributed by atoms with E-state index < -0.39 is 0 Å². The van der Waals surface area contributed by atoms with Gasteiger partial charge in [-0.25, -0.2) is 4.98 Å². The highest BCUT2D eigenvalue weighted by Crippen LogP contribution is 2.14. The second-order valence-electron chi connectivity index (χ2n) is 4.81. The molecule has 1 aromatic carbocycles. The predicted octanol–water partition coefficient (Wildman–Crippen LogP) is 1.16. The van der Waals surface area contributed by atoms with Gasteiger partial charge in [-0.3, -0.25) is 9.89 Å². The molecule has 3 N–H and O–H groups in total. The lowest BCUT2D eigenvalue weighted by molar-refractivity contribution is -0.130. The Bertz CT molecular complexity index is 566. The number of amides is 1. The summed E-state index contributed by atoms with van der Waals surface area (Å²) >= 11 is 0. The standard InChI is InChI=1S/C14H19N5O/c1-10-16-13(18-17-10)9-19(2)14(20)8-12(15)11-6-4-3-5-7-11/h3-7,12H,8-9,15H2,1-2H3,(H,16,17,18). The first-order valence-corrected chi connectivity index (χ1v) is 6.48. The van der Waals surface area contributed by atoms with Gasteiger partial charge in [0.15, 0.2) is 5.82 Å². The number of aromatic nitrogens is 3. The number of H-pyrrole nitrogens is 1. The van der Waals surface area contributed by atoms with Crippen LogP contribution in [0, 0.1) is 6.92 Å². The van der Waals surface area contributed by atoms with Crippen molar-refractivity contribution in [3.8, 4) is 0 Å².